The minimum absolute atomic E-state index is 0.408. The lowest BCUT2D eigenvalue weighted by molar-refractivity contribution is 0.415. The number of aryl methyl sites for hydroxylation is 1. The van der Waals surface area contributed by atoms with Gasteiger partial charge in [0.25, 0.3) is 0 Å². The molecule has 0 amide bonds. The number of H-pyrrole nitrogens is 1. The molecule has 0 aliphatic heterocycles. The molecular weight excluding hydrogens is 300 g/mol. The van der Waals surface area contributed by atoms with E-state index < -0.39 is 0 Å². The van der Waals surface area contributed by atoms with Crippen molar-refractivity contribution in [2.24, 2.45) is 5.10 Å². The van der Waals surface area contributed by atoms with E-state index in [0.717, 1.165) is 17.1 Å². The minimum atomic E-state index is 0.408. The van der Waals surface area contributed by atoms with E-state index in [2.05, 4.69) is 15.3 Å². The molecule has 0 fully saturated rings. The van der Waals surface area contributed by atoms with E-state index in [1.54, 1.807) is 18.0 Å². The molecule has 1 aromatic carbocycles. The fraction of sp³-hybridized carbons (Fsp3) is 0.133. The van der Waals surface area contributed by atoms with Gasteiger partial charge in [0, 0.05) is 5.56 Å². The minimum Gasteiger partial charge on any atom is -0.497 e. The maximum Gasteiger partial charge on any atom is 0.216 e. The molecule has 7 heteroatoms. The SMILES string of the molecule is COc1ccc(-c2n[nH]c(=S)n2N=Cc2ccc(C)o2)cc1. The van der Waals surface area contributed by atoms with E-state index in [0.29, 0.717) is 16.4 Å². The van der Waals surface area contributed by atoms with Crippen molar-refractivity contribution in [2.75, 3.05) is 7.11 Å². The Morgan fingerprint density at radius 3 is 2.68 bits per heavy atom. The van der Waals surface area contributed by atoms with E-state index in [1.807, 2.05) is 43.3 Å². The van der Waals surface area contributed by atoms with E-state index in [9.17, 15) is 0 Å². The number of nitrogens with one attached hydrogen (secondary N) is 1. The van der Waals surface area contributed by atoms with Crippen LogP contribution in [0.4, 0.5) is 0 Å². The van der Waals surface area contributed by atoms with Crippen molar-refractivity contribution < 1.29 is 9.15 Å². The Morgan fingerprint density at radius 1 is 1.27 bits per heavy atom. The molecule has 1 N–H and O–H groups in total. The van der Waals surface area contributed by atoms with Gasteiger partial charge in [0.15, 0.2) is 5.82 Å². The summed E-state index contributed by atoms with van der Waals surface area (Å²) < 4.78 is 12.6. The van der Waals surface area contributed by atoms with Gasteiger partial charge in [0.05, 0.1) is 13.3 Å². The first-order valence-corrected chi connectivity index (χ1v) is 7.01. The molecule has 2 heterocycles. The first kappa shape index (κ1) is 14.3. The van der Waals surface area contributed by atoms with Gasteiger partial charge in [-0.05, 0) is 55.5 Å². The number of hydrogen-bond acceptors (Lipinski definition) is 5. The molecule has 0 saturated carbocycles. The summed E-state index contributed by atoms with van der Waals surface area (Å²) in [5.41, 5.74) is 0.876. The summed E-state index contributed by atoms with van der Waals surface area (Å²) in [6.45, 7) is 1.88. The van der Waals surface area contributed by atoms with Crippen molar-refractivity contribution in [3.63, 3.8) is 0 Å². The molecule has 3 aromatic rings. The summed E-state index contributed by atoms with van der Waals surface area (Å²) in [7, 11) is 1.63. The van der Waals surface area contributed by atoms with Gasteiger partial charge in [-0.15, -0.1) is 0 Å². The van der Waals surface area contributed by atoms with Gasteiger partial charge in [0.2, 0.25) is 4.77 Å². The number of hydrogen-bond donors (Lipinski definition) is 1. The summed E-state index contributed by atoms with van der Waals surface area (Å²) in [6, 6.07) is 11.2. The zero-order valence-electron chi connectivity index (χ0n) is 12.1. The van der Waals surface area contributed by atoms with Crippen molar-refractivity contribution in [3.05, 3.63) is 52.7 Å². The predicted octanol–water partition coefficient (Wildman–Crippen LogP) is 3.40. The topological polar surface area (TPSA) is 68.3 Å². The highest BCUT2D eigenvalue weighted by Crippen LogP contribution is 2.20. The van der Waals surface area contributed by atoms with Crippen LogP contribution in [0.2, 0.25) is 0 Å². The first-order valence-electron chi connectivity index (χ1n) is 6.60. The molecule has 0 atom stereocenters. The quantitative estimate of drug-likeness (QED) is 0.592. The van der Waals surface area contributed by atoms with Gasteiger partial charge in [-0.3, -0.25) is 0 Å². The number of furan rings is 1. The monoisotopic (exact) mass is 314 g/mol. The first-order chi connectivity index (χ1) is 10.7. The van der Waals surface area contributed by atoms with Crippen molar-refractivity contribution >= 4 is 18.4 Å². The lowest BCUT2D eigenvalue weighted by atomic mass is 10.2. The normalized spacial score (nSPS) is 11.2. The molecule has 0 aliphatic carbocycles. The third-order valence-corrected chi connectivity index (χ3v) is 3.32. The molecule has 0 saturated heterocycles. The molecule has 0 bridgehead atoms. The lowest BCUT2D eigenvalue weighted by Crippen LogP contribution is -1.94. The zero-order chi connectivity index (χ0) is 15.5. The van der Waals surface area contributed by atoms with E-state index >= 15 is 0 Å². The second-order valence-electron chi connectivity index (χ2n) is 4.59. The average Bonchev–Trinajstić information content (AvgIpc) is 3.11. The number of benzene rings is 1. The fourth-order valence-corrected chi connectivity index (χ4v) is 2.14. The number of methoxy groups -OCH3 is 1. The number of aromatic nitrogens is 3. The van der Waals surface area contributed by atoms with Crippen molar-refractivity contribution in [2.45, 2.75) is 6.92 Å². The van der Waals surface area contributed by atoms with Gasteiger partial charge in [0.1, 0.15) is 17.3 Å². The summed E-state index contributed by atoms with van der Waals surface area (Å²) in [5, 5.41) is 11.3. The van der Waals surface area contributed by atoms with Crippen LogP contribution in [0.3, 0.4) is 0 Å². The molecule has 0 aliphatic rings. The van der Waals surface area contributed by atoms with Crippen LogP contribution in [0.15, 0.2) is 45.9 Å². The maximum atomic E-state index is 5.45. The highest BCUT2D eigenvalue weighted by atomic mass is 32.1. The molecule has 112 valence electrons. The molecule has 3 rings (SSSR count). The van der Waals surface area contributed by atoms with Gasteiger partial charge < -0.3 is 9.15 Å². The van der Waals surface area contributed by atoms with Crippen LogP contribution < -0.4 is 4.74 Å². The standard InChI is InChI=1S/C15H14N4O2S/c1-10-3-6-13(21-10)9-16-19-14(17-18-15(19)22)11-4-7-12(20-2)8-5-11/h3-9H,1-2H3,(H,18,22). The number of nitrogens with zero attached hydrogens (tertiary/aromatic N) is 3. The summed E-state index contributed by atoms with van der Waals surface area (Å²) in [6.07, 6.45) is 1.60. The molecule has 2 aromatic heterocycles. The summed E-state index contributed by atoms with van der Waals surface area (Å²) in [5.74, 6) is 2.88. The highest BCUT2D eigenvalue weighted by molar-refractivity contribution is 7.71. The smallest absolute Gasteiger partial charge is 0.216 e. The Morgan fingerprint density at radius 2 is 2.05 bits per heavy atom. The molecule has 22 heavy (non-hydrogen) atoms. The van der Waals surface area contributed by atoms with Gasteiger partial charge in [-0.1, -0.05) is 0 Å². The van der Waals surface area contributed by atoms with Crippen LogP contribution in [-0.2, 0) is 0 Å². The van der Waals surface area contributed by atoms with Gasteiger partial charge >= 0.3 is 0 Å². The molecular formula is C15H14N4O2S. The fourth-order valence-electron chi connectivity index (χ4n) is 1.96. The van der Waals surface area contributed by atoms with Gasteiger partial charge in [-0.25, -0.2) is 5.10 Å². The summed E-state index contributed by atoms with van der Waals surface area (Å²) in [4.78, 5) is 0. The van der Waals surface area contributed by atoms with Crippen LogP contribution in [-0.4, -0.2) is 28.2 Å². The van der Waals surface area contributed by atoms with Crippen LogP contribution in [0.25, 0.3) is 11.4 Å². The van der Waals surface area contributed by atoms with Crippen LogP contribution in [0, 0.1) is 11.7 Å². The third kappa shape index (κ3) is 2.84. The second kappa shape index (κ2) is 5.98. The lowest BCUT2D eigenvalue weighted by Gasteiger charge is -2.02. The average molecular weight is 314 g/mol. The van der Waals surface area contributed by atoms with Crippen molar-refractivity contribution in [1.29, 1.82) is 0 Å². The number of ether oxygens (including phenoxy) is 1. The summed E-state index contributed by atoms with van der Waals surface area (Å²) >= 11 is 5.22. The second-order valence-corrected chi connectivity index (χ2v) is 4.97. The Hall–Kier alpha value is -2.67. The zero-order valence-corrected chi connectivity index (χ0v) is 12.9. The largest absolute Gasteiger partial charge is 0.497 e. The predicted molar refractivity (Wildman–Crippen MR) is 85.8 cm³/mol. The van der Waals surface area contributed by atoms with Crippen LogP contribution in [0.5, 0.6) is 5.75 Å². The Kier molecular flexibility index (Phi) is 3.88. The Balaban J connectivity index is 1.96. The van der Waals surface area contributed by atoms with E-state index in [4.69, 9.17) is 21.4 Å². The third-order valence-electron chi connectivity index (χ3n) is 3.06. The Bertz CT molecular complexity index is 858. The molecule has 0 radical (unpaired) electrons. The van der Waals surface area contributed by atoms with Crippen molar-refractivity contribution in [3.8, 4) is 17.1 Å². The highest BCUT2D eigenvalue weighted by Gasteiger charge is 2.08. The van der Waals surface area contributed by atoms with E-state index in [-0.39, 0.29) is 0 Å². The maximum absolute atomic E-state index is 5.45. The molecule has 0 spiro atoms. The van der Waals surface area contributed by atoms with E-state index in [1.165, 1.54) is 0 Å². The number of aromatic amines is 1. The van der Waals surface area contributed by atoms with Crippen LogP contribution in [0.1, 0.15) is 11.5 Å². The van der Waals surface area contributed by atoms with Crippen molar-refractivity contribution in [1.82, 2.24) is 14.9 Å². The van der Waals surface area contributed by atoms with Gasteiger partial charge in [-0.2, -0.15) is 14.9 Å². The molecule has 6 nitrogen and oxygen atoms in total. The Labute approximate surface area is 132 Å². The number of rotatable bonds is 4. The van der Waals surface area contributed by atoms with Crippen LogP contribution >= 0.6 is 12.2 Å². The molecule has 0 unspecified atom stereocenters.